The van der Waals surface area contributed by atoms with Crippen molar-refractivity contribution in [1.82, 2.24) is 0 Å². The van der Waals surface area contributed by atoms with Crippen LogP contribution in [0.5, 0.6) is 0 Å². The molecule has 0 rings (SSSR count). The molecule has 0 amide bonds. The second-order valence-corrected chi connectivity index (χ2v) is 1.36. The largest absolute Gasteiger partial charge is 0.471 e. The fourth-order valence-corrected chi connectivity index (χ4v) is 0.263. The lowest BCUT2D eigenvalue weighted by atomic mass is 10.6. The van der Waals surface area contributed by atoms with Gasteiger partial charge in [-0.05, 0) is 6.92 Å². The highest BCUT2D eigenvalue weighted by Crippen LogP contribution is 2.13. The van der Waals surface area contributed by atoms with Crippen LogP contribution in [0, 0.1) is 0 Å². The molecule has 0 aliphatic rings. The van der Waals surface area contributed by atoms with Gasteiger partial charge in [-0.15, -0.1) is 0 Å². The van der Waals surface area contributed by atoms with Crippen molar-refractivity contribution in [3.63, 3.8) is 0 Å². The number of hydrogen-bond donors (Lipinski definition) is 1. The zero-order chi connectivity index (χ0) is 8.20. The lowest BCUT2D eigenvalue weighted by Gasteiger charge is -2.09. The Labute approximate surface area is 55.8 Å². The Morgan fingerprint density at radius 2 is 2.20 bits per heavy atom. The monoisotopic (exact) mass is 155 g/mol. The third-order valence-electron chi connectivity index (χ3n) is 0.661. The number of halogens is 2. The van der Waals surface area contributed by atoms with Crippen LogP contribution < -0.4 is 5.90 Å². The van der Waals surface area contributed by atoms with E-state index in [1.54, 1.807) is 0 Å². The SMILES string of the molecule is CCOC(=O)C(F)(F)ON. The molecule has 0 saturated heterocycles. The maximum absolute atomic E-state index is 11.9. The second-order valence-electron chi connectivity index (χ2n) is 1.36. The summed E-state index contributed by atoms with van der Waals surface area (Å²) in [5.41, 5.74) is 0. The van der Waals surface area contributed by atoms with Crippen molar-refractivity contribution >= 4 is 5.97 Å². The van der Waals surface area contributed by atoms with E-state index >= 15 is 0 Å². The van der Waals surface area contributed by atoms with Crippen molar-refractivity contribution < 1.29 is 23.1 Å². The molecule has 0 aliphatic heterocycles. The highest BCUT2D eigenvalue weighted by atomic mass is 19.3. The van der Waals surface area contributed by atoms with Gasteiger partial charge in [0.1, 0.15) is 0 Å². The molecule has 0 atom stereocenters. The number of esters is 1. The molecule has 0 aliphatic carbocycles. The summed E-state index contributed by atoms with van der Waals surface area (Å²) in [4.78, 5) is 13.2. The minimum atomic E-state index is -4.03. The van der Waals surface area contributed by atoms with Crippen molar-refractivity contribution in [2.45, 2.75) is 13.0 Å². The first-order valence-corrected chi connectivity index (χ1v) is 2.47. The van der Waals surface area contributed by atoms with Gasteiger partial charge in [-0.1, -0.05) is 0 Å². The summed E-state index contributed by atoms with van der Waals surface area (Å²) in [6.45, 7) is 1.25. The summed E-state index contributed by atoms with van der Waals surface area (Å²) in [6, 6.07) is 0. The lowest BCUT2D eigenvalue weighted by molar-refractivity contribution is -0.251. The predicted molar refractivity (Wildman–Crippen MR) is 26.9 cm³/mol. The molecule has 0 bridgehead atoms. The molecule has 0 aromatic heterocycles. The Balaban J connectivity index is 3.91. The predicted octanol–water partition coefficient (Wildman–Crippen LogP) is 0.0326. The molecule has 60 valence electrons. The van der Waals surface area contributed by atoms with Crippen molar-refractivity contribution in [3.8, 4) is 0 Å². The molecule has 2 N–H and O–H groups in total. The highest BCUT2D eigenvalue weighted by Gasteiger charge is 2.42. The number of hydrogen-bond acceptors (Lipinski definition) is 4. The Kier molecular flexibility index (Phi) is 3.17. The van der Waals surface area contributed by atoms with E-state index in [1.807, 2.05) is 0 Å². The van der Waals surface area contributed by atoms with Crippen LogP contribution in [0.3, 0.4) is 0 Å². The van der Waals surface area contributed by atoms with Crippen molar-refractivity contribution in [3.05, 3.63) is 0 Å². The van der Waals surface area contributed by atoms with E-state index in [-0.39, 0.29) is 6.61 Å². The van der Waals surface area contributed by atoms with Gasteiger partial charge in [-0.25, -0.2) is 15.5 Å². The standard InChI is InChI=1S/C4H7F2NO3/c1-2-9-3(8)4(5,6)10-7/h2,7H2,1H3. The van der Waals surface area contributed by atoms with Crippen LogP contribution in [-0.2, 0) is 14.4 Å². The molecule has 6 heteroatoms. The smallest absolute Gasteiger partial charge is 0.460 e. The summed E-state index contributed by atoms with van der Waals surface area (Å²) >= 11 is 0. The van der Waals surface area contributed by atoms with Gasteiger partial charge in [0, 0.05) is 0 Å². The van der Waals surface area contributed by atoms with Gasteiger partial charge in [-0.3, -0.25) is 0 Å². The van der Waals surface area contributed by atoms with Crippen molar-refractivity contribution in [2.24, 2.45) is 5.90 Å². The number of alkyl halides is 2. The number of nitrogens with two attached hydrogens (primary N) is 1. The van der Waals surface area contributed by atoms with Gasteiger partial charge in [0.25, 0.3) is 0 Å². The fraction of sp³-hybridized carbons (Fsp3) is 0.750. The van der Waals surface area contributed by atoms with Gasteiger partial charge < -0.3 is 4.74 Å². The molecule has 0 aromatic carbocycles. The summed E-state index contributed by atoms with van der Waals surface area (Å²) < 4.78 is 27.7. The molecule has 4 nitrogen and oxygen atoms in total. The first-order chi connectivity index (χ1) is 4.54. The van der Waals surface area contributed by atoms with Crippen LogP contribution in [0.1, 0.15) is 6.92 Å². The Morgan fingerprint density at radius 3 is 2.50 bits per heavy atom. The molecule has 0 saturated carbocycles. The van der Waals surface area contributed by atoms with Gasteiger partial charge in [0.2, 0.25) is 0 Å². The summed E-state index contributed by atoms with van der Waals surface area (Å²) in [5, 5.41) is 0. The van der Waals surface area contributed by atoms with Crippen LogP contribution in [0.15, 0.2) is 0 Å². The van der Waals surface area contributed by atoms with Gasteiger partial charge >= 0.3 is 12.1 Å². The highest BCUT2D eigenvalue weighted by molar-refractivity contribution is 5.75. The van der Waals surface area contributed by atoms with E-state index < -0.39 is 12.1 Å². The van der Waals surface area contributed by atoms with Gasteiger partial charge in [0.05, 0.1) is 6.61 Å². The molecule has 0 aromatic rings. The van der Waals surface area contributed by atoms with Gasteiger partial charge in [0.15, 0.2) is 0 Å². The quantitative estimate of drug-likeness (QED) is 0.461. The third kappa shape index (κ3) is 2.24. The van der Waals surface area contributed by atoms with Crippen LogP contribution in [-0.4, -0.2) is 18.7 Å². The topological polar surface area (TPSA) is 61.5 Å². The van der Waals surface area contributed by atoms with Gasteiger partial charge in [-0.2, -0.15) is 8.78 Å². The average molecular weight is 155 g/mol. The zero-order valence-corrected chi connectivity index (χ0v) is 5.27. The molecule has 0 spiro atoms. The van der Waals surface area contributed by atoms with Crippen LogP contribution in [0.4, 0.5) is 8.78 Å². The molecule has 0 heterocycles. The summed E-state index contributed by atoms with van der Waals surface area (Å²) in [5.74, 6) is 2.31. The fourth-order valence-electron chi connectivity index (χ4n) is 0.263. The molecular weight excluding hydrogens is 148 g/mol. The Bertz CT molecular complexity index is 128. The van der Waals surface area contributed by atoms with Crippen molar-refractivity contribution in [2.75, 3.05) is 6.61 Å². The van der Waals surface area contributed by atoms with Crippen LogP contribution in [0.2, 0.25) is 0 Å². The van der Waals surface area contributed by atoms with E-state index in [9.17, 15) is 13.6 Å². The maximum atomic E-state index is 11.9. The first kappa shape index (κ1) is 9.25. The number of rotatable bonds is 3. The molecule has 0 unspecified atom stereocenters. The number of ether oxygens (including phenoxy) is 1. The van der Waals surface area contributed by atoms with E-state index in [0.717, 1.165) is 0 Å². The zero-order valence-electron chi connectivity index (χ0n) is 5.27. The van der Waals surface area contributed by atoms with E-state index in [0.29, 0.717) is 0 Å². The Hall–Kier alpha value is -0.750. The lowest BCUT2D eigenvalue weighted by Crippen LogP contribution is -2.36. The molecule has 0 fully saturated rings. The van der Waals surface area contributed by atoms with Crippen LogP contribution in [0.25, 0.3) is 0 Å². The van der Waals surface area contributed by atoms with E-state index in [1.165, 1.54) is 6.92 Å². The first-order valence-electron chi connectivity index (χ1n) is 2.47. The summed E-state index contributed by atoms with van der Waals surface area (Å²) in [6.07, 6.45) is -4.03. The summed E-state index contributed by atoms with van der Waals surface area (Å²) in [7, 11) is 0. The average Bonchev–Trinajstić information content (AvgIpc) is 1.89. The Morgan fingerprint density at radius 1 is 1.70 bits per heavy atom. The third-order valence-corrected chi connectivity index (χ3v) is 0.661. The molecule has 0 radical (unpaired) electrons. The van der Waals surface area contributed by atoms with Crippen LogP contribution >= 0.6 is 0 Å². The minimum absolute atomic E-state index is 0.141. The molecule has 10 heavy (non-hydrogen) atoms. The second kappa shape index (κ2) is 3.43. The maximum Gasteiger partial charge on any atom is 0.471 e. The molecular formula is C4H7F2NO3. The normalized spacial score (nSPS) is 11.2. The van der Waals surface area contributed by atoms with E-state index in [4.69, 9.17) is 0 Å². The van der Waals surface area contributed by atoms with Crippen molar-refractivity contribution in [1.29, 1.82) is 0 Å². The minimum Gasteiger partial charge on any atom is -0.460 e. The van der Waals surface area contributed by atoms with E-state index in [2.05, 4.69) is 15.5 Å². The number of carbonyl (C=O) groups is 1. The number of carbonyl (C=O) groups excluding carboxylic acids is 1.